The number of carbonyl (C=O) groups excluding carboxylic acids is 1. The van der Waals surface area contributed by atoms with E-state index in [1.54, 1.807) is 13.8 Å². The number of rotatable bonds is 5. The summed E-state index contributed by atoms with van der Waals surface area (Å²) in [5, 5.41) is 14.4. The van der Waals surface area contributed by atoms with Crippen LogP contribution in [0.25, 0.3) is 0 Å². The number of hydrogen-bond acceptors (Lipinski definition) is 2. The van der Waals surface area contributed by atoms with Crippen molar-refractivity contribution in [2.24, 2.45) is 0 Å². The maximum absolute atomic E-state index is 11.8. The van der Waals surface area contributed by atoms with Crippen LogP contribution in [0.2, 0.25) is 0 Å². The van der Waals surface area contributed by atoms with Gasteiger partial charge in [0.05, 0.1) is 6.42 Å². The minimum absolute atomic E-state index is 0.0661. The number of hydrogen-bond donors (Lipinski definition) is 3. The zero-order valence-electron chi connectivity index (χ0n) is 10.8. The van der Waals surface area contributed by atoms with E-state index in [0.29, 0.717) is 0 Å². The van der Waals surface area contributed by atoms with E-state index in [1.807, 2.05) is 0 Å². The summed E-state index contributed by atoms with van der Waals surface area (Å²) in [6, 6.07) is -0.266. The Balaban J connectivity index is 2.46. The van der Waals surface area contributed by atoms with Crippen LogP contribution in [-0.2, 0) is 4.79 Å². The Morgan fingerprint density at radius 2 is 1.94 bits per heavy atom. The molecule has 0 aromatic rings. The average molecular weight is 242 g/mol. The van der Waals surface area contributed by atoms with Crippen molar-refractivity contribution in [2.75, 3.05) is 0 Å². The second-order valence-electron chi connectivity index (χ2n) is 5.52. The molecule has 2 amide bonds. The molecule has 0 spiro atoms. The first-order chi connectivity index (χ1) is 7.79. The van der Waals surface area contributed by atoms with E-state index < -0.39 is 11.5 Å². The number of nitrogens with one attached hydrogen (secondary N) is 2. The first-order valence-corrected chi connectivity index (χ1v) is 6.11. The van der Waals surface area contributed by atoms with Gasteiger partial charge in [0.25, 0.3) is 0 Å². The lowest BCUT2D eigenvalue weighted by Gasteiger charge is -2.42. The van der Waals surface area contributed by atoms with E-state index in [9.17, 15) is 9.59 Å². The molecule has 3 N–H and O–H groups in total. The highest BCUT2D eigenvalue weighted by Gasteiger charge is 2.37. The van der Waals surface area contributed by atoms with Crippen LogP contribution in [0, 0.1) is 0 Å². The Morgan fingerprint density at radius 1 is 1.35 bits per heavy atom. The van der Waals surface area contributed by atoms with Gasteiger partial charge in [-0.05, 0) is 39.5 Å². The predicted octanol–water partition coefficient (Wildman–Crippen LogP) is 1.87. The predicted molar refractivity (Wildman–Crippen MR) is 64.9 cm³/mol. The number of carboxylic acids is 1. The smallest absolute Gasteiger partial charge is 0.315 e. The molecule has 0 unspecified atom stereocenters. The van der Waals surface area contributed by atoms with Gasteiger partial charge in [0.1, 0.15) is 0 Å². The molecule has 0 atom stereocenters. The molecule has 0 aromatic heterocycles. The zero-order valence-corrected chi connectivity index (χ0v) is 10.8. The van der Waals surface area contributed by atoms with Gasteiger partial charge in [0.15, 0.2) is 0 Å². The highest BCUT2D eigenvalue weighted by atomic mass is 16.4. The molecule has 98 valence electrons. The summed E-state index contributed by atoms with van der Waals surface area (Å²) in [7, 11) is 0. The summed E-state index contributed by atoms with van der Waals surface area (Å²) in [6.07, 6.45) is 4.00. The fourth-order valence-corrected chi connectivity index (χ4v) is 2.17. The van der Waals surface area contributed by atoms with Gasteiger partial charge in [-0.15, -0.1) is 0 Å². The molecule has 0 aliphatic heterocycles. The van der Waals surface area contributed by atoms with E-state index >= 15 is 0 Å². The Bertz CT molecular complexity index is 303. The second kappa shape index (κ2) is 4.94. The standard InChI is InChI=1S/C12H22N2O3/c1-4-12(6-5-7-12)14-10(17)13-11(2,3)8-9(15)16/h4-8H2,1-3H3,(H,15,16)(H2,13,14,17). The molecule has 1 aliphatic rings. The van der Waals surface area contributed by atoms with Crippen molar-refractivity contribution >= 4 is 12.0 Å². The molecule has 17 heavy (non-hydrogen) atoms. The summed E-state index contributed by atoms with van der Waals surface area (Å²) in [4.78, 5) is 22.4. The molecule has 0 bridgehead atoms. The van der Waals surface area contributed by atoms with Crippen molar-refractivity contribution in [1.82, 2.24) is 10.6 Å². The zero-order chi connectivity index (χ0) is 13.1. The van der Waals surface area contributed by atoms with E-state index in [1.165, 1.54) is 0 Å². The number of urea groups is 1. The molecule has 1 aliphatic carbocycles. The summed E-state index contributed by atoms with van der Waals surface area (Å²) < 4.78 is 0. The lowest BCUT2D eigenvalue weighted by atomic mass is 9.75. The molecule has 0 aromatic carbocycles. The SMILES string of the molecule is CCC1(NC(=O)NC(C)(C)CC(=O)O)CCC1. The molecule has 5 nitrogen and oxygen atoms in total. The number of carbonyl (C=O) groups is 2. The lowest BCUT2D eigenvalue weighted by molar-refractivity contribution is -0.138. The van der Waals surface area contributed by atoms with E-state index in [4.69, 9.17) is 5.11 Å². The Kier molecular flexibility index (Phi) is 4.01. The molecule has 5 heteroatoms. The fourth-order valence-electron chi connectivity index (χ4n) is 2.17. The summed E-state index contributed by atoms with van der Waals surface area (Å²) in [5.41, 5.74) is -0.794. The van der Waals surface area contributed by atoms with Gasteiger partial charge in [-0.25, -0.2) is 4.79 Å². The molecule has 1 saturated carbocycles. The number of amides is 2. The van der Waals surface area contributed by atoms with Crippen molar-refractivity contribution in [3.8, 4) is 0 Å². The monoisotopic (exact) mass is 242 g/mol. The van der Waals surface area contributed by atoms with Crippen LogP contribution in [0.4, 0.5) is 4.79 Å². The first-order valence-electron chi connectivity index (χ1n) is 6.11. The van der Waals surface area contributed by atoms with E-state index in [2.05, 4.69) is 17.6 Å². The van der Waals surface area contributed by atoms with Gasteiger partial charge in [-0.2, -0.15) is 0 Å². The van der Waals surface area contributed by atoms with Gasteiger partial charge < -0.3 is 15.7 Å². The average Bonchev–Trinajstić information content (AvgIpc) is 2.07. The van der Waals surface area contributed by atoms with Crippen molar-refractivity contribution in [3.05, 3.63) is 0 Å². The second-order valence-corrected chi connectivity index (χ2v) is 5.52. The van der Waals surface area contributed by atoms with E-state index in [-0.39, 0.29) is 18.0 Å². The number of carboxylic acid groups (broad SMARTS) is 1. The van der Waals surface area contributed by atoms with Crippen molar-refractivity contribution in [1.29, 1.82) is 0 Å². The minimum Gasteiger partial charge on any atom is -0.481 e. The van der Waals surface area contributed by atoms with Crippen LogP contribution in [0.3, 0.4) is 0 Å². The summed E-state index contributed by atoms with van der Waals surface area (Å²) in [6.45, 7) is 5.47. The lowest BCUT2D eigenvalue weighted by Crippen LogP contribution is -2.59. The Hall–Kier alpha value is -1.26. The van der Waals surface area contributed by atoms with Crippen LogP contribution in [-0.4, -0.2) is 28.2 Å². The largest absolute Gasteiger partial charge is 0.481 e. The van der Waals surface area contributed by atoms with Gasteiger partial charge in [-0.1, -0.05) is 6.92 Å². The van der Waals surface area contributed by atoms with Crippen molar-refractivity contribution in [3.63, 3.8) is 0 Å². The van der Waals surface area contributed by atoms with Crippen LogP contribution >= 0.6 is 0 Å². The minimum atomic E-state index is -0.913. The fraction of sp³-hybridized carbons (Fsp3) is 0.833. The molecule has 1 fully saturated rings. The third kappa shape index (κ3) is 3.91. The van der Waals surface area contributed by atoms with Crippen LogP contribution < -0.4 is 10.6 Å². The Labute approximate surface area is 102 Å². The molecular formula is C12H22N2O3. The third-order valence-corrected chi connectivity index (χ3v) is 3.41. The topological polar surface area (TPSA) is 78.4 Å². The van der Waals surface area contributed by atoms with Gasteiger partial charge in [0.2, 0.25) is 0 Å². The molecule has 0 heterocycles. The van der Waals surface area contributed by atoms with Crippen molar-refractivity contribution < 1.29 is 14.7 Å². The Morgan fingerprint density at radius 3 is 2.29 bits per heavy atom. The van der Waals surface area contributed by atoms with E-state index in [0.717, 1.165) is 25.7 Å². The normalized spacial score (nSPS) is 18.1. The third-order valence-electron chi connectivity index (χ3n) is 3.41. The molecular weight excluding hydrogens is 220 g/mol. The van der Waals surface area contributed by atoms with Crippen molar-refractivity contribution in [2.45, 2.75) is 64.0 Å². The van der Waals surface area contributed by atoms with Gasteiger partial charge in [-0.3, -0.25) is 4.79 Å². The highest BCUT2D eigenvalue weighted by Crippen LogP contribution is 2.34. The molecule has 1 rings (SSSR count). The summed E-state index contributed by atoms with van der Waals surface area (Å²) >= 11 is 0. The first kappa shape index (κ1) is 13.8. The van der Waals surface area contributed by atoms with Crippen LogP contribution in [0.5, 0.6) is 0 Å². The molecule has 0 radical (unpaired) electrons. The van der Waals surface area contributed by atoms with Crippen LogP contribution in [0.15, 0.2) is 0 Å². The maximum Gasteiger partial charge on any atom is 0.315 e. The molecule has 0 saturated heterocycles. The van der Waals surface area contributed by atoms with Crippen LogP contribution in [0.1, 0.15) is 52.9 Å². The number of aliphatic carboxylic acids is 1. The highest BCUT2D eigenvalue weighted by molar-refractivity contribution is 5.77. The van der Waals surface area contributed by atoms with Gasteiger partial charge >= 0.3 is 12.0 Å². The summed E-state index contributed by atoms with van der Waals surface area (Å²) in [5.74, 6) is -0.913. The maximum atomic E-state index is 11.8. The van der Waals surface area contributed by atoms with Gasteiger partial charge in [0, 0.05) is 11.1 Å². The quantitative estimate of drug-likeness (QED) is 0.688.